The molecule has 19 heavy (non-hydrogen) atoms. The fourth-order valence-electron chi connectivity index (χ4n) is 1.63. The molecule has 0 radical (unpaired) electrons. The minimum atomic E-state index is -0.351. The molecular weight excluding hydrogens is 242 g/mol. The van der Waals surface area contributed by atoms with Crippen molar-refractivity contribution in [2.24, 2.45) is 0 Å². The standard InChI is InChI=1S/C14H11N3O2/c15-9-11-5-1-2-6-12(11)16-13(18)10-17-8-4-3-7-14(17)19/h1-8H,10H2,(H,16,18). The highest BCUT2D eigenvalue weighted by atomic mass is 16.2. The first kappa shape index (κ1) is 12.6. The summed E-state index contributed by atoms with van der Waals surface area (Å²) in [5.41, 5.74) is 0.585. The van der Waals surface area contributed by atoms with Crippen molar-refractivity contribution < 1.29 is 4.79 Å². The van der Waals surface area contributed by atoms with Gasteiger partial charge in [-0.25, -0.2) is 0 Å². The van der Waals surface area contributed by atoms with Crippen LogP contribution in [0.1, 0.15) is 5.56 Å². The highest BCUT2D eigenvalue weighted by Gasteiger charge is 2.07. The largest absolute Gasteiger partial charge is 0.323 e. The molecule has 1 N–H and O–H groups in total. The number of para-hydroxylation sites is 1. The Kier molecular flexibility index (Phi) is 3.74. The smallest absolute Gasteiger partial charge is 0.250 e. The van der Waals surface area contributed by atoms with E-state index in [0.29, 0.717) is 11.3 Å². The van der Waals surface area contributed by atoms with Crippen LogP contribution in [0.5, 0.6) is 0 Å². The van der Waals surface area contributed by atoms with Gasteiger partial charge in [-0.1, -0.05) is 18.2 Å². The first-order valence-corrected chi connectivity index (χ1v) is 5.65. The summed E-state index contributed by atoms with van der Waals surface area (Å²) in [6.07, 6.45) is 1.54. The van der Waals surface area contributed by atoms with Crippen LogP contribution in [0.3, 0.4) is 0 Å². The topological polar surface area (TPSA) is 74.9 Å². The van der Waals surface area contributed by atoms with Gasteiger partial charge in [0.15, 0.2) is 0 Å². The molecule has 0 aliphatic rings. The first-order chi connectivity index (χ1) is 9.20. The van der Waals surface area contributed by atoms with Crippen LogP contribution in [0.4, 0.5) is 5.69 Å². The first-order valence-electron chi connectivity index (χ1n) is 5.65. The van der Waals surface area contributed by atoms with Gasteiger partial charge in [-0.3, -0.25) is 9.59 Å². The average Bonchev–Trinajstić information content (AvgIpc) is 2.42. The second-order valence-corrected chi connectivity index (χ2v) is 3.87. The van der Waals surface area contributed by atoms with Crippen LogP contribution in [0.25, 0.3) is 0 Å². The van der Waals surface area contributed by atoms with Gasteiger partial charge in [0, 0.05) is 12.3 Å². The lowest BCUT2D eigenvalue weighted by molar-refractivity contribution is -0.116. The molecule has 2 rings (SSSR count). The number of anilines is 1. The van der Waals surface area contributed by atoms with E-state index in [1.54, 1.807) is 36.4 Å². The average molecular weight is 253 g/mol. The van der Waals surface area contributed by atoms with Crippen LogP contribution >= 0.6 is 0 Å². The van der Waals surface area contributed by atoms with Gasteiger partial charge in [-0.05, 0) is 18.2 Å². The molecule has 1 heterocycles. The number of aromatic nitrogens is 1. The number of hydrogen-bond acceptors (Lipinski definition) is 3. The van der Waals surface area contributed by atoms with Gasteiger partial charge in [0.05, 0.1) is 11.3 Å². The van der Waals surface area contributed by atoms with Crippen molar-refractivity contribution >= 4 is 11.6 Å². The Morgan fingerprint density at radius 3 is 2.68 bits per heavy atom. The molecule has 1 aromatic heterocycles. The number of amides is 1. The molecule has 0 fully saturated rings. The highest BCUT2D eigenvalue weighted by Crippen LogP contribution is 2.13. The molecule has 5 nitrogen and oxygen atoms in total. The van der Waals surface area contributed by atoms with E-state index in [1.165, 1.54) is 16.8 Å². The molecule has 5 heteroatoms. The number of nitrogens with zero attached hydrogens (tertiary/aromatic N) is 2. The normalized spacial score (nSPS) is 9.63. The molecule has 2 aromatic rings. The summed E-state index contributed by atoms with van der Waals surface area (Å²) >= 11 is 0. The Bertz CT molecular complexity index is 698. The fourth-order valence-corrected chi connectivity index (χ4v) is 1.63. The number of hydrogen-bond donors (Lipinski definition) is 1. The number of pyridine rings is 1. The van der Waals surface area contributed by atoms with Crippen molar-refractivity contribution in [1.29, 1.82) is 5.26 Å². The lowest BCUT2D eigenvalue weighted by atomic mass is 10.2. The van der Waals surface area contributed by atoms with Gasteiger partial charge in [-0.15, -0.1) is 0 Å². The summed E-state index contributed by atoms with van der Waals surface area (Å²) in [5.74, 6) is -0.351. The van der Waals surface area contributed by atoms with Gasteiger partial charge in [0.1, 0.15) is 12.6 Å². The number of benzene rings is 1. The molecule has 0 unspecified atom stereocenters. The van der Waals surface area contributed by atoms with Gasteiger partial charge >= 0.3 is 0 Å². The minimum absolute atomic E-state index is 0.0839. The number of nitrogens with one attached hydrogen (secondary N) is 1. The van der Waals surface area contributed by atoms with Crippen molar-refractivity contribution in [2.75, 3.05) is 5.32 Å². The van der Waals surface area contributed by atoms with Gasteiger partial charge in [0.25, 0.3) is 5.56 Å². The van der Waals surface area contributed by atoms with Crippen molar-refractivity contribution in [2.45, 2.75) is 6.54 Å². The zero-order chi connectivity index (χ0) is 13.7. The molecule has 0 aliphatic carbocycles. The van der Waals surface area contributed by atoms with E-state index in [4.69, 9.17) is 5.26 Å². The van der Waals surface area contributed by atoms with Crippen LogP contribution in [-0.4, -0.2) is 10.5 Å². The molecular formula is C14H11N3O2. The number of nitriles is 1. The Hall–Kier alpha value is -2.87. The quantitative estimate of drug-likeness (QED) is 0.897. The van der Waals surface area contributed by atoms with E-state index in [-0.39, 0.29) is 18.0 Å². The van der Waals surface area contributed by atoms with Crippen molar-refractivity contribution in [3.63, 3.8) is 0 Å². The fraction of sp³-hybridized carbons (Fsp3) is 0.0714. The molecule has 0 saturated carbocycles. The van der Waals surface area contributed by atoms with Crippen LogP contribution in [0.15, 0.2) is 53.5 Å². The zero-order valence-corrected chi connectivity index (χ0v) is 10.0. The molecule has 0 aliphatic heterocycles. The predicted molar refractivity (Wildman–Crippen MR) is 70.5 cm³/mol. The molecule has 0 saturated heterocycles. The van der Waals surface area contributed by atoms with Gasteiger partial charge in [-0.2, -0.15) is 5.26 Å². The summed E-state index contributed by atoms with van der Waals surface area (Å²) < 4.78 is 1.30. The zero-order valence-electron chi connectivity index (χ0n) is 10.0. The third-order valence-electron chi connectivity index (χ3n) is 2.53. The predicted octanol–water partition coefficient (Wildman–Crippen LogP) is 1.36. The van der Waals surface area contributed by atoms with Crippen LogP contribution in [-0.2, 0) is 11.3 Å². The Balaban J connectivity index is 2.13. The monoisotopic (exact) mass is 253 g/mol. The SMILES string of the molecule is N#Cc1ccccc1NC(=O)Cn1ccccc1=O. The summed E-state index contributed by atoms with van der Waals surface area (Å²) in [6, 6.07) is 13.4. The van der Waals surface area contributed by atoms with E-state index in [1.807, 2.05) is 6.07 Å². The van der Waals surface area contributed by atoms with E-state index in [9.17, 15) is 9.59 Å². The van der Waals surface area contributed by atoms with E-state index in [2.05, 4.69) is 5.32 Å². The number of rotatable bonds is 3. The minimum Gasteiger partial charge on any atom is -0.323 e. The van der Waals surface area contributed by atoms with Gasteiger partial charge < -0.3 is 9.88 Å². The molecule has 94 valence electrons. The lowest BCUT2D eigenvalue weighted by Gasteiger charge is -2.08. The summed E-state index contributed by atoms with van der Waals surface area (Å²) in [7, 11) is 0. The molecule has 0 bridgehead atoms. The second kappa shape index (κ2) is 5.65. The maximum Gasteiger partial charge on any atom is 0.250 e. The third-order valence-corrected chi connectivity index (χ3v) is 2.53. The maximum absolute atomic E-state index is 11.8. The summed E-state index contributed by atoms with van der Waals surface area (Å²) in [6.45, 7) is -0.0839. The third kappa shape index (κ3) is 3.07. The lowest BCUT2D eigenvalue weighted by Crippen LogP contribution is -2.26. The Morgan fingerprint density at radius 2 is 1.95 bits per heavy atom. The molecule has 1 aromatic carbocycles. The van der Waals surface area contributed by atoms with E-state index in [0.717, 1.165) is 0 Å². The van der Waals surface area contributed by atoms with Crippen LogP contribution < -0.4 is 10.9 Å². The number of carbonyl (C=O) groups is 1. The van der Waals surface area contributed by atoms with E-state index < -0.39 is 0 Å². The summed E-state index contributed by atoms with van der Waals surface area (Å²) in [5, 5.41) is 11.5. The molecule has 0 atom stereocenters. The van der Waals surface area contributed by atoms with Crippen molar-refractivity contribution in [3.05, 3.63) is 64.6 Å². The van der Waals surface area contributed by atoms with Crippen LogP contribution in [0, 0.1) is 11.3 Å². The number of carbonyl (C=O) groups excluding carboxylic acids is 1. The van der Waals surface area contributed by atoms with Gasteiger partial charge in [0.2, 0.25) is 5.91 Å². The Labute approximate surface area is 109 Å². The highest BCUT2D eigenvalue weighted by molar-refractivity contribution is 5.91. The van der Waals surface area contributed by atoms with E-state index >= 15 is 0 Å². The Morgan fingerprint density at radius 1 is 1.21 bits per heavy atom. The van der Waals surface area contributed by atoms with Crippen molar-refractivity contribution in [1.82, 2.24) is 4.57 Å². The molecule has 0 spiro atoms. The second-order valence-electron chi connectivity index (χ2n) is 3.87. The van der Waals surface area contributed by atoms with Crippen LogP contribution in [0.2, 0.25) is 0 Å². The summed E-state index contributed by atoms with van der Waals surface area (Å²) in [4.78, 5) is 23.3. The molecule has 1 amide bonds. The maximum atomic E-state index is 11.8. The van der Waals surface area contributed by atoms with Crippen molar-refractivity contribution in [3.8, 4) is 6.07 Å².